The largest absolute Gasteiger partial charge is 0.495 e. The number of rotatable bonds is 3. The van der Waals surface area contributed by atoms with E-state index in [0.29, 0.717) is 19.5 Å². The Morgan fingerprint density at radius 1 is 1.50 bits per heavy atom. The normalized spacial score (nSPS) is 24.8. The monoisotopic (exact) mass is 222 g/mol. The van der Waals surface area contributed by atoms with Gasteiger partial charge in [0.2, 0.25) is 0 Å². The molecule has 1 aromatic carbocycles. The molecule has 0 spiro atoms. The van der Waals surface area contributed by atoms with Gasteiger partial charge in [0, 0.05) is 19.6 Å². The van der Waals surface area contributed by atoms with E-state index in [1.54, 1.807) is 7.11 Å². The van der Waals surface area contributed by atoms with Gasteiger partial charge in [-0.15, -0.1) is 0 Å². The highest BCUT2D eigenvalue weighted by Crippen LogP contribution is 2.32. The molecule has 1 fully saturated rings. The number of hydrogen-bond donors (Lipinski definition) is 2. The zero-order valence-corrected chi connectivity index (χ0v) is 9.52. The molecule has 0 bridgehead atoms. The molecule has 0 radical (unpaired) electrons. The number of β-amino-alcohol motifs (C(OH)–C–C–N with tert-alkyl or cyclic N) is 1. The van der Waals surface area contributed by atoms with Gasteiger partial charge in [0.05, 0.1) is 18.4 Å². The lowest BCUT2D eigenvalue weighted by Crippen LogP contribution is -2.40. The van der Waals surface area contributed by atoms with Gasteiger partial charge < -0.3 is 20.5 Å². The number of aliphatic hydroxyl groups is 1. The Kier molecular flexibility index (Phi) is 3.03. The zero-order valence-electron chi connectivity index (χ0n) is 9.52. The van der Waals surface area contributed by atoms with Crippen LogP contribution in [-0.4, -0.2) is 37.5 Å². The van der Waals surface area contributed by atoms with Gasteiger partial charge in [0.15, 0.2) is 0 Å². The van der Waals surface area contributed by atoms with E-state index in [1.165, 1.54) is 0 Å². The SMILES string of the molecule is COc1ccccc1N1CCC(O)(CN)C1. The number of anilines is 1. The molecular weight excluding hydrogens is 204 g/mol. The molecule has 4 nitrogen and oxygen atoms in total. The van der Waals surface area contributed by atoms with E-state index >= 15 is 0 Å². The van der Waals surface area contributed by atoms with Crippen LogP contribution in [0.1, 0.15) is 6.42 Å². The third-order valence-corrected chi connectivity index (χ3v) is 3.14. The topological polar surface area (TPSA) is 58.7 Å². The van der Waals surface area contributed by atoms with Crippen molar-refractivity contribution in [3.05, 3.63) is 24.3 Å². The summed E-state index contributed by atoms with van der Waals surface area (Å²) >= 11 is 0. The Labute approximate surface area is 95.6 Å². The standard InChI is InChI=1S/C12H18N2O2/c1-16-11-5-3-2-4-10(11)14-7-6-12(15,8-13)9-14/h2-5,15H,6-9,13H2,1H3. The highest BCUT2D eigenvalue weighted by atomic mass is 16.5. The smallest absolute Gasteiger partial charge is 0.142 e. The first-order chi connectivity index (χ1) is 7.68. The van der Waals surface area contributed by atoms with Crippen molar-refractivity contribution in [2.45, 2.75) is 12.0 Å². The van der Waals surface area contributed by atoms with Gasteiger partial charge in [-0.25, -0.2) is 0 Å². The fraction of sp³-hybridized carbons (Fsp3) is 0.500. The molecule has 0 aromatic heterocycles. The molecule has 0 saturated carbocycles. The van der Waals surface area contributed by atoms with E-state index in [2.05, 4.69) is 4.90 Å². The van der Waals surface area contributed by atoms with E-state index in [-0.39, 0.29) is 0 Å². The Morgan fingerprint density at radius 3 is 2.88 bits per heavy atom. The van der Waals surface area contributed by atoms with Crippen LogP contribution in [0.4, 0.5) is 5.69 Å². The molecule has 1 aliphatic heterocycles. The molecule has 16 heavy (non-hydrogen) atoms. The zero-order chi connectivity index (χ0) is 11.6. The fourth-order valence-corrected chi connectivity index (χ4v) is 2.12. The summed E-state index contributed by atoms with van der Waals surface area (Å²) in [5, 5.41) is 10.1. The molecule has 1 saturated heterocycles. The number of nitrogens with two attached hydrogens (primary N) is 1. The fourth-order valence-electron chi connectivity index (χ4n) is 2.12. The molecule has 4 heteroatoms. The molecular formula is C12H18N2O2. The van der Waals surface area contributed by atoms with E-state index in [0.717, 1.165) is 18.0 Å². The van der Waals surface area contributed by atoms with Crippen LogP contribution in [0.5, 0.6) is 5.75 Å². The Hall–Kier alpha value is -1.26. The minimum Gasteiger partial charge on any atom is -0.495 e. The molecule has 1 aromatic rings. The molecule has 3 N–H and O–H groups in total. The minimum absolute atomic E-state index is 0.304. The predicted octanol–water partition coefficient (Wildman–Crippen LogP) is 0.595. The van der Waals surface area contributed by atoms with E-state index < -0.39 is 5.60 Å². The first kappa shape index (κ1) is 11.2. The highest BCUT2D eigenvalue weighted by molar-refractivity contribution is 5.59. The van der Waals surface area contributed by atoms with Gasteiger partial charge >= 0.3 is 0 Å². The molecule has 1 unspecified atom stereocenters. The third kappa shape index (κ3) is 1.99. The van der Waals surface area contributed by atoms with Crippen LogP contribution in [0.2, 0.25) is 0 Å². The van der Waals surface area contributed by atoms with Crippen molar-refractivity contribution in [2.75, 3.05) is 31.6 Å². The first-order valence-corrected chi connectivity index (χ1v) is 5.49. The Bertz CT molecular complexity index is 370. The first-order valence-electron chi connectivity index (χ1n) is 5.49. The van der Waals surface area contributed by atoms with Crippen LogP contribution in [0.3, 0.4) is 0 Å². The van der Waals surface area contributed by atoms with Crippen molar-refractivity contribution in [2.24, 2.45) is 5.73 Å². The Morgan fingerprint density at radius 2 is 2.25 bits per heavy atom. The molecule has 0 aliphatic carbocycles. The van der Waals surface area contributed by atoms with Crippen LogP contribution < -0.4 is 15.4 Å². The predicted molar refractivity (Wildman–Crippen MR) is 63.8 cm³/mol. The van der Waals surface area contributed by atoms with Crippen molar-refractivity contribution in [3.8, 4) is 5.75 Å². The van der Waals surface area contributed by atoms with Crippen LogP contribution in [0.15, 0.2) is 24.3 Å². The summed E-state index contributed by atoms with van der Waals surface area (Å²) in [6.07, 6.45) is 0.710. The van der Waals surface area contributed by atoms with Gasteiger partial charge in [-0.1, -0.05) is 12.1 Å². The summed E-state index contributed by atoms with van der Waals surface area (Å²) in [4.78, 5) is 2.12. The molecule has 1 atom stereocenters. The lowest BCUT2D eigenvalue weighted by Gasteiger charge is -2.24. The molecule has 2 rings (SSSR count). The lowest BCUT2D eigenvalue weighted by atomic mass is 10.0. The molecule has 88 valence electrons. The maximum absolute atomic E-state index is 10.1. The van der Waals surface area contributed by atoms with E-state index in [4.69, 9.17) is 10.5 Å². The summed E-state index contributed by atoms with van der Waals surface area (Å²) in [5.74, 6) is 0.837. The van der Waals surface area contributed by atoms with Crippen molar-refractivity contribution >= 4 is 5.69 Å². The van der Waals surface area contributed by atoms with E-state index in [1.807, 2.05) is 24.3 Å². The average Bonchev–Trinajstić information content (AvgIpc) is 2.73. The molecule has 0 amide bonds. The highest BCUT2D eigenvalue weighted by Gasteiger charge is 2.35. The van der Waals surface area contributed by atoms with Gasteiger partial charge in [-0.05, 0) is 18.6 Å². The quantitative estimate of drug-likeness (QED) is 0.786. The number of hydrogen-bond acceptors (Lipinski definition) is 4. The van der Waals surface area contributed by atoms with Crippen molar-refractivity contribution in [1.82, 2.24) is 0 Å². The maximum atomic E-state index is 10.1. The van der Waals surface area contributed by atoms with Gasteiger partial charge in [0.25, 0.3) is 0 Å². The minimum atomic E-state index is -0.749. The van der Waals surface area contributed by atoms with Crippen molar-refractivity contribution in [3.63, 3.8) is 0 Å². The second kappa shape index (κ2) is 4.31. The second-order valence-corrected chi connectivity index (χ2v) is 4.27. The molecule has 1 heterocycles. The van der Waals surface area contributed by atoms with E-state index in [9.17, 15) is 5.11 Å². The Balaban J connectivity index is 2.20. The average molecular weight is 222 g/mol. The van der Waals surface area contributed by atoms with Gasteiger partial charge in [-0.3, -0.25) is 0 Å². The number of nitrogens with zero attached hydrogens (tertiary/aromatic N) is 1. The number of methoxy groups -OCH3 is 1. The third-order valence-electron chi connectivity index (χ3n) is 3.14. The number of ether oxygens (including phenoxy) is 1. The van der Waals surface area contributed by atoms with Crippen LogP contribution in [0.25, 0.3) is 0 Å². The van der Waals surface area contributed by atoms with Crippen LogP contribution in [0, 0.1) is 0 Å². The lowest BCUT2D eigenvalue weighted by molar-refractivity contribution is 0.0725. The summed E-state index contributed by atoms with van der Waals surface area (Å²) in [5.41, 5.74) is 5.84. The summed E-state index contributed by atoms with van der Waals surface area (Å²) in [7, 11) is 1.66. The van der Waals surface area contributed by atoms with Gasteiger partial charge in [0.1, 0.15) is 5.75 Å². The second-order valence-electron chi connectivity index (χ2n) is 4.27. The van der Waals surface area contributed by atoms with Crippen LogP contribution in [-0.2, 0) is 0 Å². The summed E-state index contributed by atoms with van der Waals surface area (Å²) in [6.45, 7) is 1.69. The number of para-hydroxylation sites is 2. The van der Waals surface area contributed by atoms with Crippen molar-refractivity contribution in [1.29, 1.82) is 0 Å². The van der Waals surface area contributed by atoms with Crippen molar-refractivity contribution < 1.29 is 9.84 Å². The maximum Gasteiger partial charge on any atom is 0.142 e. The van der Waals surface area contributed by atoms with Gasteiger partial charge in [-0.2, -0.15) is 0 Å². The molecule has 1 aliphatic rings. The summed E-state index contributed by atoms with van der Waals surface area (Å²) in [6, 6.07) is 7.83. The number of benzene rings is 1. The van der Waals surface area contributed by atoms with Crippen LogP contribution >= 0.6 is 0 Å². The summed E-state index contributed by atoms with van der Waals surface area (Å²) < 4.78 is 5.30.